The van der Waals surface area contributed by atoms with Crippen molar-refractivity contribution in [1.82, 2.24) is 9.22 Å². The highest BCUT2D eigenvalue weighted by Crippen LogP contribution is 2.03. The number of carbonyl (C=O) groups excluding carboxylic acids is 1. The smallest absolute Gasteiger partial charge is 0.336 e. The molecule has 17 heavy (non-hydrogen) atoms. The minimum absolute atomic E-state index is 0.274. The van der Waals surface area contributed by atoms with E-state index < -0.39 is 0 Å². The van der Waals surface area contributed by atoms with Crippen LogP contribution in [-0.4, -0.2) is 25.5 Å². The number of hydrogen-bond acceptors (Lipinski definition) is 3. The maximum absolute atomic E-state index is 11.8. The molecule has 2 rings (SSSR count). The fourth-order valence-corrected chi connectivity index (χ4v) is 1.56. The average molecular weight is 245 g/mol. The molecular weight excluding hydrogens is 234 g/mol. The summed E-state index contributed by atoms with van der Waals surface area (Å²) in [5, 5.41) is 2.58. The summed E-state index contributed by atoms with van der Waals surface area (Å²) >= 11 is 0. The monoisotopic (exact) mass is 245 g/mol. The summed E-state index contributed by atoms with van der Waals surface area (Å²) in [4.78, 5) is 26.8. The van der Waals surface area contributed by atoms with Gasteiger partial charge in [-0.3, -0.25) is 4.79 Å². The lowest BCUT2D eigenvalue weighted by Gasteiger charge is -2.04. The first-order chi connectivity index (χ1) is 8.16. The third-order valence-electron chi connectivity index (χ3n) is 2.25. The fourth-order valence-electron chi connectivity index (χ4n) is 1.31. The Morgan fingerprint density at radius 3 is 2.59 bits per heavy atom. The molecule has 86 valence electrons. The van der Waals surface area contributed by atoms with Crippen molar-refractivity contribution in [3.63, 3.8) is 0 Å². The average Bonchev–Trinajstić information content (AvgIpc) is 2.35. The van der Waals surface area contributed by atoms with Crippen molar-refractivity contribution in [3.05, 3.63) is 58.6 Å². The van der Waals surface area contributed by atoms with Crippen LogP contribution in [0.4, 0.5) is 5.82 Å². The van der Waals surface area contributed by atoms with Crippen LogP contribution < -0.4 is 11.0 Å². The molecule has 0 atom stereocenters. The number of aromatic nitrogens is 2. The SMILES string of the molecule is O=C(Nc1ccn([SiH3])c(=O)n1)c1ccccc1. The first-order valence-electron chi connectivity index (χ1n) is 5.07. The molecule has 0 saturated carbocycles. The molecule has 6 heteroatoms. The summed E-state index contributed by atoms with van der Waals surface area (Å²) in [5.41, 5.74) is 0.187. The second-order valence-corrected chi connectivity index (χ2v) is 4.49. The molecule has 0 spiro atoms. The van der Waals surface area contributed by atoms with Gasteiger partial charge in [0.1, 0.15) is 16.2 Å². The van der Waals surface area contributed by atoms with Gasteiger partial charge in [0, 0.05) is 11.8 Å². The van der Waals surface area contributed by atoms with Crippen LogP contribution in [0.2, 0.25) is 0 Å². The molecule has 0 aliphatic heterocycles. The van der Waals surface area contributed by atoms with Crippen molar-refractivity contribution in [2.75, 3.05) is 5.32 Å². The highest BCUT2D eigenvalue weighted by Gasteiger charge is 2.06. The van der Waals surface area contributed by atoms with Gasteiger partial charge in [-0.2, -0.15) is 4.98 Å². The Morgan fingerprint density at radius 1 is 1.24 bits per heavy atom. The zero-order valence-electron chi connectivity index (χ0n) is 9.25. The Kier molecular flexibility index (Phi) is 3.15. The van der Waals surface area contributed by atoms with Crippen molar-refractivity contribution < 1.29 is 4.79 Å². The summed E-state index contributed by atoms with van der Waals surface area (Å²) < 4.78 is 1.47. The normalized spacial score (nSPS) is 10.1. The van der Waals surface area contributed by atoms with E-state index in [1.54, 1.807) is 36.5 Å². The van der Waals surface area contributed by atoms with Crippen LogP contribution >= 0.6 is 0 Å². The second-order valence-electron chi connectivity index (χ2n) is 3.53. The fraction of sp³-hybridized carbons (Fsp3) is 0. The van der Waals surface area contributed by atoms with Gasteiger partial charge >= 0.3 is 5.69 Å². The molecule has 0 aliphatic rings. The third kappa shape index (κ3) is 2.67. The molecule has 0 radical (unpaired) electrons. The summed E-state index contributed by atoms with van der Waals surface area (Å²) in [6.45, 7) is 0. The molecule has 0 aliphatic carbocycles. The summed E-state index contributed by atoms with van der Waals surface area (Å²) in [7, 11) is 0.578. The van der Waals surface area contributed by atoms with Crippen LogP contribution in [0.5, 0.6) is 0 Å². The number of rotatable bonds is 2. The molecule has 0 unspecified atom stereocenters. The predicted molar refractivity (Wildman–Crippen MR) is 68.2 cm³/mol. The van der Waals surface area contributed by atoms with E-state index in [0.29, 0.717) is 16.0 Å². The molecule has 1 aromatic carbocycles. The Labute approximate surface area is 101 Å². The molecule has 2 aromatic rings. The molecule has 1 amide bonds. The van der Waals surface area contributed by atoms with Crippen molar-refractivity contribution in [1.29, 1.82) is 0 Å². The van der Waals surface area contributed by atoms with Gasteiger partial charge < -0.3 is 9.55 Å². The van der Waals surface area contributed by atoms with Crippen LogP contribution in [0.25, 0.3) is 0 Å². The van der Waals surface area contributed by atoms with Gasteiger partial charge in [-0.05, 0) is 18.2 Å². The van der Waals surface area contributed by atoms with Crippen molar-refractivity contribution in [2.24, 2.45) is 0 Å². The van der Waals surface area contributed by atoms with Crippen LogP contribution in [0.15, 0.2) is 47.4 Å². The van der Waals surface area contributed by atoms with E-state index in [-0.39, 0.29) is 17.4 Å². The van der Waals surface area contributed by atoms with E-state index in [1.165, 1.54) is 4.23 Å². The first kappa shape index (κ1) is 11.3. The second kappa shape index (κ2) is 4.75. The zero-order chi connectivity index (χ0) is 12.3. The number of anilines is 1. The van der Waals surface area contributed by atoms with Crippen LogP contribution in [-0.2, 0) is 0 Å². The maximum Gasteiger partial charge on any atom is 0.340 e. The van der Waals surface area contributed by atoms with E-state index in [0.717, 1.165) is 0 Å². The first-order valence-corrected chi connectivity index (χ1v) is 5.96. The van der Waals surface area contributed by atoms with Crippen LogP contribution in [0.1, 0.15) is 10.4 Å². The number of benzene rings is 1. The zero-order valence-corrected chi connectivity index (χ0v) is 11.3. The van der Waals surface area contributed by atoms with Crippen molar-refractivity contribution in [2.45, 2.75) is 0 Å². The molecule has 1 aromatic heterocycles. The quantitative estimate of drug-likeness (QED) is 0.734. The molecule has 0 saturated heterocycles. The minimum atomic E-state index is -0.345. The van der Waals surface area contributed by atoms with Crippen molar-refractivity contribution in [3.8, 4) is 0 Å². The Morgan fingerprint density at radius 2 is 1.94 bits per heavy atom. The predicted octanol–water partition coefficient (Wildman–Crippen LogP) is -0.376. The van der Waals surface area contributed by atoms with Gasteiger partial charge in [-0.15, -0.1) is 0 Å². The Hall–Kier alpha value is -2.21. The summed E-state index contributed by atoms with van der Waals surface area (Å²) in [5.74, 6) is -0.000416. The van der Waals surface area contributed by atoms with E-state index in [1.807, 2.05) is 6.07 Å². The lowest BCUT2D eigenvalue weighted by atomic mass is 10.2. The summed E-state index contributed by atoms with van der Waals surface area (Å²) in [6.07, 6.45) is 1.61. The van der Waals surface area contributed by atoms with Crippen LogP contribution in [0.3, 0.4) is 0 Å². The number of carbonyl (C=O) groups is 1. The number of nitrogens with zero attached hydrogens (tertiary/aromatic N) is 2. The molecule has 5 nitrogen and oxygen atoms in total. The largest absolute Gasteiger partial charge is 0.340 e. The number of nitrogens with one attached hydrogen (secondary N) is 1. The van der Waals surface area contributed by atoms with Gasteiger partial charge in [0.2, 0.25) is 0 Å². The lowest BCUT2D eigenvalue weighted by Crippen LogP contribution is -2.23. The number of amides is 1. The van der Waals surface area contributed by atoms with Crippen molar-refractivity contribution >= 4 is 22.1 Å². The Bertz CT molecular complexity index is 595. The molecule has 1 heterocycles. The topological polar surface area (TPSA) is 64.0 Å². The van der Waals surface area contributed by atoms with Gasteiger partial charge in [-0.1, -0.05) is 18.2 Å². The Balaban J connectivity index is 2.19. The molecular formula is C11H11N3O2Si. The van der Waals surface area contributed by atoms with Gasteiger partial charge in [0.05, 0.1) is 0 Å². The molecule has 1 N–H and O–H groups in total. The van der Waals surface area contributed by atoms with E-state index >= 15 is 0 Å². The van der Waals surface area contributed by atoms with Crippen LogP contribution in [0, 0.1) is 0 Å². The van der Waals surface area contributed by atoms with Gasteiger partial charge in [0.25, 0.3) is 5.91 Å². The highest BCUT2D eigenvalue weighted by atomic mass is 28.2. The standard InChI is InChI=1S/C11H11N3O2Si/c15-10(8-4-2-1-3-5-8)12-9-6-7-14(17)11(16)13-9/h1-7H,17H3,(H,12,13,15,16). The molecule has 0 fully saturated rings. The third-order valence-corrected chi connectivity index (χ3v) is 2.93. The van der Waals surface area contributed by atoms with E-state index in [4.69, 9.17) is 0 Å². The lowest BCUT2D eigenvalue weighted by molar-refractivity contribution is 0.102. The van der Waals surface area contributed by atoms with E-state index in [2.05, 4.69) is 10.3 Å². The van der Waals surface area contributed by atoms with Gasteiger partial charge in [0.15, 0.2) is 0 Å². The minimum Gasteiger partial charge on any atom is -0.336 e. The summed E-state index contributed by atoms with van der Waals surface area (Å²) in [6, 6.07) is 10.4. The molecule has 0 bridgehead atoms. The van der Waals surface area contributed by atoms with E-state index in [9.17, 15) is 9.59 Å². The van der Waals surface area contributed by atoms with Gasteiger partial charge in [-0.25, -0.2) is 4.79 Å². The highest BCUT2D eigenvalue weighted by molar-refractivity contribution is 6.06. The maximum atomic E-state index is 11.8. The number of hydrogen-bond donors (Lipinski definition) is 1.